The SMILES string of the molecule is CCCNC(=O)CNc1cccc(C)c1C#N. The highest BCUT2D eigenvalue weighted by molar-refractivity contribution is 5.81. The molecule has 0 aliphatic heterocycles. The van der Waals surface area contributed by atoms with Crippen LogP contribution in [0.2, 0.25) is 0 Å². The number of rotatable bonds is 5. The normalized spacial score (nSPS) is 9.47. The van der Waals surface area contributed by atoms with Gasteiger partial charge in [0.1, 0.15) is 6.07 Å². The minimum absolute atomic E-state index is 0.0581. The summed E-state index contributed by atoms with van der Waals surface area (Å²) >= 11 is 0. The van der Waals surface area contributed by atoms with E-state index < -0.39 is 0 Å². The molecule has 17 heavy (non-hydrogen) atoms. The Bertz CT molecular complexity index is 435. The van der Waals surface area contributed by atoms with E-state index in [2.05, 4.69) is 16.7 Å². The fraction of sp³-hybridized carbons (Fsp3) is 0.385. The van der Waals surface area contributed by atoms with Crippen LogP contribution in [0.15, 0.2) is 18.2 Å². The Labute approximate surface area is 102 Å². The molecule has 0 heterocycles. The molecule has 0 aliphatic carbocycles. The van der Waals surface area contributed by atoms with Crippen molar-refractivity contribution in [3.8, 4) is 6.07 Å². The third kappa shape index (κ3) is 3.80. The summed E-state index contributed by atoms with van der Waals surface area (Å²) in [6.07, 6.45) is 0.916. The Balaban J connectivity index is 2.61. The summed E-state index contributed by atoms with van der Waals surface area (Å²) in [5.74, 6) is -0.0581. The topological polar surface area (TPSA) is 64.9 Å². The van der Waals surface area contributed by atoms with Crippen LogP contribution in [-0.2, 0) is 4.79 Å². The summed E-state index contributed by atoms with van der Waals surface area (Å²) in [4.78, 5) is 11.4. The lowest BCUT2D eigenvalue weighted by molar-refractivity contribution is -0.119. The number of nitriles is 1. The van der Waals surface area contributed by atoms with E-state index >= 15 is 0 Å². The molecule has 1 rings (SSSR count). The van der Waals surface area contributed by atoms with Crippen molar-refractivity contribution in [1.82, 2.24) is 5.32 Å². The maximum Gasteiger partial charge on any atom is 0.239 e. The largest absolute Gasteiger partial charge is 0.375 e. The molecule has 0 radical (unpaired) electrons. The average molecular weight is 231 g/mol. The lowest BCUT2D eigenvalue weighted by Crippen LogP contribution is -2.30. The molecule has 1 aromatic rings. The molecule has 1 amide bonds. The highest BCUT2D eigenvalue weighted by Crippen LogP contribution is 2.17. The lowest BCUT2D eigenvalue weighted by Gasteiger charge is -2.09. The molecule has 0 saturated heterocycles. The number of amides is 1. The molecule has 2 N–H and O–H groups in total. The molecule has 4 heteroatoms. The van der Waals surface area contributed by atoms with E-state index in [4.69, 9.17) is 5.26 Å². The zero-order chi connectivity index (χ0) is 12.7. The lowest BCUT2D eigenvalue weighted by atomic mass is 10.1. The van der Waals surface area contributed by atoms with Crippen LogP contribution in [0, 0.1) is 18.3 Å². The maximum absolute atomic E-state index is 11.4. The van der Waals surface area contributed by atoms with Crippen LogP contribution < -0.4 is 10.6 Å². The van der Waals surface area contributed by atoms with E-state index in [1.165, 1.54) is 0 Å². The quantitative estimate of drug-likeness (QED) is 0.812. The van der Waals surface area contributed by atoms with Gasteiger partial charge in [-0.2, -0.15) is 5.26 Å². The second kappa shape index (κ2) is 6.54. The van der Waals surface area contributed by atoms with Gasteiger partial charge in [0.15, 0.2) is 0 Å². The summed E-state index contributed by atoms with van der Waals surface area (Å²) in [7, 11) is 0. The van der Waals surface area contributed by atoms with Crippen LogP contribution in [-0.4, -0.2) is 19.0 Å². The average Bonchev–Trinajstić information content (AvgIpc) is 2.33. The predicted molar refractivity (Wildman–Crippen MR) is 67.7 cm³/mol. The predicted octanol–water partition coefficient (Wildman–Crippen LogP) is 1.80. The second-order valence-electron chi connectivity index (χ2n) is 3.81. The molecule has 0 aliphatic rings. The van der Waals surface area contributed by atoms with E-state index in [9.17, 15) is 4.79 Å². The Morgan fingerprint density at radius 2 is 2.24 bits per heavy atom. The molecule has 90 valence electrons. The number of hydrogen-bond acceptors (Lipinski definition) is 3. The van der Waals surface area contributed by atoms with Crippen LogP contribution >= 0.6 is 0 Å². The summed E-state index contributed by atoms with van der Waals surface area (Å²) in [5.41, 5.74) is 2.21. The standard InChI is InChI=1S/C13H17N3O/c1-3-7-15-13(17)9-16-12-6-4-5-10(2)11(12)8-14/h4-6,16H,3,7,9H2,1-2H3,(H,15,17). The summed E-state index contributed by atoms with van der Waals surface area (Å²) in [5, 5.41) is 14.8. The Morgan fingerprint density at radius 1 is 1.47 bits per heavy atom. The molecule has 4 nitrogen and oxygen atoms in total. The van der Waals surface area contributed by atoms with Gasteiger partial charge in [0.05, 0.1) is 17.8 Å². The Morgan fingerprint density at radius 3 is 2.88 bits per heavy atom. The van der Waals surface area contributed by atoms with E-state index in [-0.39, 0.29) is 12.5 Å². The first-order valence-electron chi connectivity index (χ1n) is 5.69. The number of anilines is 1. The smallest absolute Gasteiger partial charge is 0.239 e. The van der Waals surface area contributed by atoms with Gasteiger partial charge in [-0.15, -0.1) is 0 Å². The Kier molecular flexibility index (Phi) is 5.02. The number of benzene rings is 1. The van der Waals surface area contributed by atoms with Gasteiger partial charge in [-0.25, -0.2) is 0 Å². The third-order valence-electron chi connectivity index (χ3n) is 2.40. The number of nitrogens with zero attached hydrogens (tertiary/aromatic N) is 1. The van der Waals surface area contributed by atoms with Crippen molar-refractivity contribution in [2.75, 3.05) is 18.4 Å². The maximum atomic E-state index is 11.4. The Hall–Kier alpha value is -2.02. The molecule has 0 aromatic heterocycles. The monoisotopic (exact) mass is 231 g/mol. The van der Waals surface area contributed by atoms with Gasteiger partial charge >= 0.3 is 0 Å². The highest BCUT2D eigenvalue weighted by Gasteiger charge is 2.06. The number of nitrogens with one attached hydrogen (secondary N) is 2. The number of carbonyl (C=O) groups excluding carboxylic acids is 1. The zero-order valence-electron chi connectivity index (χ0n) is 10.2. The fourth-order valence-corrected chi connectivity index (χ4v) is 1.47. The molecule has 0 saturated carbocycles. The van der Waals surface area contributed by atoms with Gasteiger partial charge in [-0.05, 0) is 25.0 Å². The minimum atomic E-state index is -0.0581. The van der Waals surface area contributed by atoms with E-state index in [0.717, 1.165) is 12.0 Å². The van der Waals surface area contributed by atoms with Crippen LogP contribution in [0.4, 0.5) is 5.69 Å². The van der Waals surface area contributed by atoms with Gasteiger partial charge < -0.3 is 10.6 Å². The van der Waals surface area contributed by atoms with E-state index in [1.54, 1.807) is 6.07 Å². The molecule has 0 fully saturated rings. The van der Waals surface area contributed by atoms with Gasteiger partial charge in [-0.1, -0.05) is 19.1 Å². The van der Waals surface area contributed by atoms with Gasteiger partial charge in [-0.3, -0.25) is 4.79 Å². The zero-order valence-corrected chi connectivity index (χ0v) is 10.2. The molecule has 0 spiro atoms. The van der Waals surface area contributed by atoms with Crippen LogP contribution in [0.1, 0.15) is 24.5 Å². The molecule has 1 aromatic carbocycles. The first-order chi connectivity index (χ1) is 8.19. The van der Waals surface area contributed by atoms with Crippen molar-refractivity contribution in [2.45, 2.75) is 20.3 Å². The van der Waals surface area contributed by atoms with E-state index in [0.29, 0.717) is 17.8 Å². The first-order valence-corrected chi connectivity index (χ1v) is 5.69. The van der Waals surface area contributed by atoms with Crippen molar-refractivity contribution in [3.05, 3.63) is 29.3 Å². The molecular formula is C13H17N3O. The van der Waals surface area contributed by atoms with Crippen molar-refractivity contribution in [3.63, 3.8) is 0 Å². The summed E-state index contributed by atoms with van der Waals surface area (Å²) < 4.78 is 0. The van der Waals surface area contributed by atoms with Crippen LogP contribution in [0.5, 0.6) is 0 Å². The first kappa shape index (κ1) is 13.0. The van der Waals surface area contributed by atoms with Crippen LogP contribution in [0.3, 0.4) is 0 Å². The molecule has 0 atom stereocenters. The summed E-state index contributed by atoms with van der Waals surface area (Å²) in [6, 6.07) is 7.68. The van der Waals surface area contributed by atoms with Gasteiger partial charge in [0, 0.05) is 6.54 Å². The third-order valence-corrected chi connectivity index (χ3v) is 2.40. The number of carbonyl (C=O) groups is 1. The van der Waals surface area contributed by atoms with E-state index in [1.807, 2.05) is 26.0 Å². The fourth-order valence-electron chi connectivity index (χ4n) is 1.47. The van der Waals surface area contributed by atoms with Crippen LogP contribution in [0.25, 0.3) is 0 Å². The van der Waals surface area contributed by atoms with Gasteiger partial charge in [0.25, 0.3) is 0 Å². The number of hydrogen-bond donors (Lipinski definition) is 2. The second-order valence-corrected chi connectivity index (χ2v) is 3.81. The van der Waals surface area contributed by atoms with Crippen molar-refractivity contribution < 1.29 is 4.79 Å². The van der Waals surface area contributed by atoms with Crippen molar-refractivity contribution in [2.24, 2.45) is 0 Å². The van der Waals surface area contributed by atoms with Crippen molar-refractivity contribution in [1.29, 1.82) is 5.26 Å². The molecular weight excluding hydrogens is 214 g/mol. The molecule has 0 unspecified atom stereocenters. The highest BCUT2D eigenvalue weighted by atomic mass is 16.1. The van der Waals surface area contributed by atoms with Gasteiger partial charge in [0.2, 0.25) is 5.91 Å². The van der Waals surface area contributed by atoms with Crippen molar-refractivity contribution >= 4 is 11.6 Å². The number of aryl methyl sites for hydroxylation is 1. The summed E-state index contributed by atoms with van der Waals surface area (Å²) in [6.45, 7) is 4.75. The molecule has 0 bridgehead atoms. The minimum Gasteiger partial charge on any atom is -0.375 e.